The number of benzene rings is 1. The smallest absolute Gasteiger partial charge is 0.372 e. The molecule has 4 unspecified atom stereocenters. The molecule has 1 aliphatic heterocycles. The van der Waals surface area contributed by atoms with Crippen LogP contribution in [-0.2, 0) is 29.3 Å². The van der Waals surface area contributed by atoms with Crippen molar-refractivity contribution in [1.82, 2.24) is 4.98 Å². The van der Waals surface area contributed by atoms with E-state index in [2.05, 4.69) is 11.6 Å². The average Bonchev–Trinajstić information content (AvgIpc) is 2.66. The molecule has 9 nitrogen and oxygen atoms in total. The van der Waals surface area contributed by atoms with Crippen LogP contribution in [0.4, 0.5) is 4.39 Å². The van der Waals surface area contributed by atoms with Gasteiger partial charge in [0.05, 0.1) is 6.10 Å². The van der Waals surface area contributed by atoms with E-state index >= 15 is 0 Å². The van der Waals surface area contributed by atoms with Gasteiger partial charge in [-0.25, -0.2) is 4.39 Å². The number of hydrogen-bond acceptors (Lipinski definition) is 8. The minimum absolute atomic E-state index is 0.0456. The van der Waals surface area contributed by atoms with Crippen LogP contribution >= 0.6 is 15.0 Å². The van der Waals surface area contributed by atoms with E-state index in [1.807, 2.05) is 0 Å². The van der Waals surface area contributed by atoms with Gasteiger partial charge in [0.1, 0.15) is 11.6 Å². The second-order valence-electron chi connectivity index (χ2n) is 7.55. The maximum Gasteiger partial charge on any atom is 0.372 e. The number of halogens is 1. The van der Waals surface area contributed by atoms with Gasteiger partial charge in [-0.15, -0.1) is 0 Å². The molecule has 12 heteroatoms. The molecule has 1 aromatic heterocycles. The van der Waals surface area contributed by atoms with Crippen molar-refractivity contribution in [3.8, 4) is 5.75 Å². The number of hydrogen-bond donors (Lipinski definition) is 2. The van der Waals surface area contributed by atoms with Crippen molar-refractivity contribution in [3.63, 3.8) is 0 Å². The summed E-state index contributed by atoms with van der Waals surface area (Å²) in [6.45, 7) is 8.10. The molecule has 2 heterocycles. The van der Waals surface area contributed by atoms with Crippen molar-refractivity contribution in [2.45, 2.75) is 37.7 Å². The zero-order valence-corrected chi connectivity index (χ0v) is 19.5. The lowest BCUT2D eigenvalue weighted by Crippen LogP contribution is -2.37. The summed E-state index contributed by atoms with van der Waals surface area (Å²) in [5.41, 5.74) is 0.0426. The summed E-state index contributed by atoms with van der Waals surface area (Å²) < 4.78 is 61.9. The summed E-state index contributed by atoms with van der Waals surface area (Å²) in [5, 5.41) is 8.21. The van der Waals surface area contributed by atoms with Crippen molar-refractivity contribution in [2.24, 2.45) is 0 Å². The van der Waals surface area contributed by atoms with Gasteiger partial charge in [-0.3, -0.25) is 23.2 Å². The van der Waals surface area contributed by atoms with E-state index in [9.17, 15) is 23.5 Å². The molecule has 0 spiro atoms. The predicted octanol–water partition coefficient (Wildman–Crippen LogP) is 4.52. The maximum atomic E-state index is 14.7. The van der Waals surface area contributed by atoms with Crippen LogP contribution in [0.3, 0.4) is 0 Å². The third-order valence-electron chi connectivity index (χ3n) is 4.63. The quantitative estimate of drug-likeness (QED) is 0.428. The van der Waals surface area contributed by atoms with E-state index in [-0.39, 0.29) is 23.4 Å². The summed E-state index contributed by atoms with van der Waals surface area (Å²) in [6.07, 6.45) is 0.322. The number of aromatic nitrogens is 1. The minimum atomic E-state index is -4.98. The first kappa shape index (κ1) is 24.6. The summed E-state index contributed by atoms with van der Waals surface area (Å²) in [5.74, 6) is -0.911. The van der Waals surface area contributed by atoms with Crippen LogP contribution in [0.1, 0.15) is 31.3 Å². The van der Waals surface area contributed by atoms with Crippen molar-refractivity contribution in [2.75, 3.05) is 6.66 Å². The van der Waals surface area contributed by atoms with Crippen LogP contribution in [-0.4, -0.2) is 32.8 Å². The van der Waals surface area contributed by atoms with Crippen molar-refractivity contribution >= 4 is 15.0 Å². The summed E-state index contributed by atoms with van der Waals surface area (Å²) >= 11 is 0. The van der Waals surface area contributed by atoms with Crippen LogP contribution in [0.5, 0.6) is 5.75 Å². The molecule has 3 rings (SSSR count). The van der Waals surface area contributed by atoms with Gasteiger partial charge in [0.25, 0.3) is 5.95 Å². The molecule has 0 aliphatic carbocycles. The Labute approximate surface area is 184 Å². The number of rotatable bonds is 7. The Morgan fingerprint density at radius 3 is 2.62 bits per heavy atom. The van der Waals surface area contributed by atoms with Gasteiger partial charge in [-0.05, 0) is 44.2 Å². The predicted molar refractivity (Wildman–Crippen MR) is 114 cm³/mol. The average molecular weight is 487 g/mol. The second kappa shape index (κ2) is 9.06. The van der Waals surface area contributed by atoms with E-state index in [1.165, 1.54) is 30.6 Å². The fourth-order valence-corrected chi connectivity index (χ4v) is 7.36. The van der Waals surface area contributed by atoms with Crippen LogP contribution in [0.15, 0.2) is 55.2 Å². The zero-order chi connectivity index (χ0) is 23.7. The van der Waals surface area contributed by atoms with Gasteiger partial charge in [0.2, 0.25) is 18.7 Å². The molecule has 0 amide bonds. The summed E-state index contributed by atoms with van der Waals surface area (Å²) in [4.78, 5) is 14.4. The van der Waals surface area contributed by atoms with E-state index in [4.69, 9.17) is 18.5 Å². The Kier molecular flexibility index (Phi) is 6.96. The molecule has 0 saturated carbocycles. The van der Waals surface area contributed by atoms with Crippen LogP contribution in [0, 0.1) is 5.82 Å². The lowest BCUT2D eigenvalue weighted by molar-refractivity contribution is -0.0458. The van der Waals surface area contributed by atoms with E-state index in [0.717, 1.165) is 12.7 Å². The standard InChI is InChI=1S/C20H24FNO8P2/c1-13(2)27-14(3)28-16-7-8-17(18(21)10-16)19-29-31(4,24)20(23,32(25,26)30-19)11-15-6-5-9-22-12-15/h5-10,12-13,19,23H,3,11H2,1-2,4H3,(H,25,26). The van der Waals surface area contributed by atoms with Crippen molar-refractivity contribution in [1.29, 1.82) is 0 Å². The molecule has 0 radical (unpaired) electrons. The molecule has 1 fully saturated rings. The highest BCUT2D eigenvalue weighted by atomic mass is 31.2. The van der Waals surface area contributed by atoms with E-state index < -0.39 is 38.6 Å². The van der Waals surface area contributed by atoms with Gasteiger partial charge in [-0.2, -0.15) is 0 Å². The summed E-state index contributed by atoms with van der Waals surface area (Å²) in [6, 6.07) is 6.57. The first-order valence-corrected chi connectivity index (χ1v) is 13.2. The molecular formula is C20H24FNO8P2. The van der Waals surface area contributed by atoms with Crippen molar-refractivity contribution < 1.29 is 42.0 Å². The number of nitrogens with zero attached hydrogens (tertiary/aromatic N) is 1. The van der Waals surface area contributed by atoms with Gasteiger partial charge in [0, 0.05) is 37.1 Å². The van der Waals surface area contributed by atoms with Gasteiger partial charge >= 0.3 is 7.60 Å². The highest BCUT2D eigenvalue weighted by molar-refractivity contribution is 7.75. The van der Waals surface area contributed by atoms with Crippen LogP contribution in [0.25, 0.3) is 0 Å². The molecule has 174 valence electrons. The van der Waals surface area contributed by atoms with Crippen LogP contribution in [0.2, 0.25) is 0 Å². The molecule has 1 aliphatic rings. The monoisotopic (exact) mass is 487 g/mol. The molecule has 2 N–H and O–H groups in total. The van der Waals surface area contributed by atoms with Crippen molar-refractivity contribution in [3.05, 3.63) is 72.2 Å². The number of aliphatic hydroxyl groups is 1. The third-order valence-corrected chi connectivity index (χ3v) is 10.1. The first-order chi connectivity index (χ1) is 14.8. The Hall–Kier alpha value is -2.06. The maximum absolute atomic E-state index is 14.7. The second-order valence-corrected chi connectivity index (χ2v) is 12.5. The van der Waals surface area contributed by atoms with Gasteiger partial charge in [0.15, 0.2) is 0 Å². The topological polar surface area (TPSA) is 124 Å². The normalized spacial score (nSPS) is 30.2. The lowest BCUT2D eigenvalue weighted by Gasteiger charge is -2.43. The Morgan fingerprint density at radius 2 is 2.06 bits per heavy atom. The molecule has 32 heavy (non-hydrogen) atoms. The number of pyridine rings is 1. The molecule has 4 atom stereocenters. The highest BCUT2D eigenvalue weighted by Gasteiger charge is 2.64. The zero-order valence-electron chi connectivity index (χ0n) is 17.7. The van der Waals surface area contributed by atoms with Crippen LogP contribution < -0.4 is 4.74 Å². The minimum Gasteiger partial charge on any atom is -0.463 e. The Bertz CT molecular complexity index is 1070. The molecule has 2 aromatic rings. The Balaban J connectivity index is 1.85. The third kappa shape index (κ3) is 4.96. The first-order valence-electron chi connectivity index (χ1n) is 9.56. The highest BCUT2D eigenvalue weighted by Crippen LogP contribution is 2.79. The largest absolute Gasteiger partial charge is 0.463 e. The summed E-state index contributed by atoms with van der Waals surface area (Å²) in [7, 11) is -9.21. The molecule has 1 aromatic carbocycles. The van der Waals surface area contributed by atoms with Gasteiger partial charge in [-0.1, -0.05) is 6.07 Å². The van der Waals surface area contributed by atoms with Gasteiger partial charge < -0.3 is 19.5 Å². The fourth-order valence-electron chi connectivity index (χ4n) is 3.04. The molecular weight excluding hydrogens is 463 g/mol. The van der Waals surface area contributed by atoms with E-state index in [0.29, 0.717) is 5.56 Å². The fraction of sp³-hybridized carbons (Fsp3) is 0.350. The molecule has 1 saturated heterocycles. The SMILES string of the molecule is C=C(Oc1ccc(C2OP(C)(=O)C(O)(Cc3cccnc3)P(=O)(O)O2)c(F)c1)OC(C)C. The van der Waals surface area contributed by atoms with E-state index in [1.54, 1.807) is 19.9 Å². The lowest BCUT2D eigenvalue weighted by atomic mass is 10.2. The number of ether oxygens (including phenoxy) is 2. The Morgan fingerprint density at radius 1 is 1.34 bits per heavy atom. The molecule has 0 bridgehead atoms.